The average molecular weight is 817 g/mol. The number of rotatable bonds is 13. The number of esters is 1. The molecule has 2 saturated heterocycles. The monoisotopic (exact) mass is 816 g/mol. The molecular weight excluding hydrogens is 764 g/mol. The highest BCUT2D eigenvalue weighted by atomic mass is 16.7. The zero-order valence-electron chi connectivity index (χ0n) is 32.7. The maximum Gasteiger partial charge on any atom is 0.407 e. The first-order valence-corrected chi connectivity index (χ1v) is 18.8. The van der Waals surface area contributed by atoms with E-state index in [0.29, 0.717) is 0 Å². The number of alkyl carbamates (subject to hydrolysis) is 1. The first-order valence-electron chi connectivity index (χ1n) is 18.8. The van der Waals surface area contributed by atoms with Crippen molar-refractivity contribution in [3.05, 3.63) is 59.7 Å². The van der Waals surface area contributed by atoms with Gasteiger partial charge in [0.2, 0.25) is 17.7 Å². The Morgan fingerprint density at radius 1 is 0.759 bits per heavy atom. The normalized spacial score (nSPS) is 28.6. The van der Waals surface area contributed by atoms with Crippen molar-refractivity contribution >= 4 is 29.8 Å². The van der Waals surface area contributed by atoms with E-state index in [1.54, 1.807) is 20.8 Å². The van der Waals surface area contributed by atoms with Gasteiger partial charge >= 0.3 is 12.1 Å². The van der Waals surface area contributed by atoms with Gasteiger partial charge in [-0.25, -0.2) is 9.59 Å². The Kier molecular flexibility index (Phi) is 14.5. The number of fused-ring (bicyclic) bond motifs is 3. The van der Waals surface area contributed by atoms with E-state index in [2.05, 4.69) is 21.3 Å². The third-order valence-corrected chi connectivity index (χ3v) is 9.83. The molecule has 0 radical (unpaired) electrons. The number of ether oxygens (including phenoxy) is 5. The topological polar surface area (TPSA) is 281 Å². The third-order valence-electron chi connectivity index (χ3n) is 9.83. The number of hydrogen-bond donors (Lipinski definition) is 9. The molecule has 4 amide bonds. The minimum Gasteiger partial charge on any atom is -0.458 e. The molecule has 2 aromatic rings. The molecule has 0 saturated carbocycles. The summed E-state index contributed by atoms with van der Waals surface area (Å²) in [6, 6.07) is 11.0. The highest BCUT2D eigenvalue weighted by molar-refractivity contribution is 5.88. The zero-order chi connectivity index (χ0) is 42.5. The number of carbonyl (C=O) groups is 5. The van der Waals surface area contributed by atoms with E-state index in [1.807, 2.05) is 48.5 Å². The Morgan fingerprint density at radius 3 is 1.88 bits per heavy atom. The van der Waals surface area contributed by atoms with Gasteiger partial charge in [0.05, 0.1) is 19.6 Å². The lowest BCUT2D eigenvalue weighted by molar-refractivity contribution is -0.315. The number of amides is 4. The second kappa shape index (κ2) is 18.9. The Bertz CT molecular complexity index is 1760. The van der Waals surface area contributed by atoms with Crippen LogP contribution in [0.1, 0.15) is 58.1 Å². The van der Waals surface area contributed by atoms with Crippen LogP contribution in [-0.4, -0.2) is 148 Å². The summed E-state index contributed by atoms with van der Waals surface area (Å²) in [6.45, 7) is 5.37. The van der Waals surface area contributed by atoms with Crippen LogP contribution < -0.4 is 21.3 Å². The van der Waals surface area contributed by atoms with E-state index in [-0.39, 0.29) is 12.5 Å². The first kappa shape index (κ1) is 44.4. The molecule has 2 aliphatic heterocycles. The Balaban J connectivity index is 1.30. The molecule has 5 rings (SSSR count). The maximum atomic E-state index is 13.6. The molecular formula is C39H52N4O15. The first-order chi connectivity index (χ1) is 27.4. The molecule has 9 N–H and O–H groups in total. The Labute approximate surface area is 334 Å². The van der Waals surface area contributed by atoms with Crippen LogP contribution in [0.2, 0.25) is 0 Å². The summed E-state index contributed by atoms with van der Waals surface area (Å²) in [6.07, 6.45) is -14.4. The molecule has 2 heterocycles. The summed E-state index contributed by atoms with van der Waals surface area (Å²) in [4.78, 5) is 64.5. The fourth-order valence-corrected chi connectivity index (χ4v) is 7.28. The van der Waals surface area contributed by atoms with Crippen molar-refractivity contribution < 1.29 is 73.2 Å². The van der Waals surface area contributed by atoms with Crippen LogP contribution in [0.5, 0.6) is 0 Å². The van der Waals surface area contributed by atoms with Gasteiger partial charge in [-0.3, -0.25) is 14.4 Å². The summed E-state index contributed by atoms with van der Waals surface area (Å²) < 4.78 is 28.5. The van der Waals surface area contributed by atoms with Gasteiger partial charge in [0.25, 0.3) is 0 Å². The molecule has 0 bridgehead atoms. The lowest BCUT2D eigenvalue weighted by atomic mass is 9.94. The van der Waals surface area contributed by atoms with Gasteiger partial charge in [-0.1, -0.05) is 48.5 Å². The summed E-state index contributed by atoms with van der Waals surface area (Å²) in [5.41, 5.74) is 2.92. The van der Waals surface area contributed by atoms with Gasteiger partial charge < -0.3 is 70.5 Å². The van der Waals surface area contributed by atoms with Crippen LogP contribution in [0.4, 0.5) is 4.79 Å². The van der Waals surface area contributed by atoms with E-state index in [1.165, 1.54) is 0 Å². The quantitative estimate of drug-likeness (QED) is 0.106. The fraction of sp³-hybridized carbons (Fsp3) is 0.564. The van der Waals surface area contributed by atoms with Crippen LogP contribution in [0.3, 0.4) is 0 Å². The van der Waals surface area contributed by atoms with Crippen LogP contribution in [0.15, 0.2) is 48.5 Å². The van der Waals surface area contributed by atoms with Crippen molar-refractivity contribution in [1.82, 2.24) is 21.3 Å². The molecule has 1 unspecified atom stereocenters. The van der Waals surface area contributed by atoms with Crippen molar-refractivity contribution in [3.63, 3.8) is 0 Å². The molecule has 2 aromatic carbocycles. The minimum atomic E-state index is -1.78. The number of nitrogens with one attached hydrogen (secondary N) is 4. The third kappa shape index (κ3) is 10.5. The van der Waals surface area contributed by atoms with Crippen LogP contribution in [0.25, 0.3) is 11.1 Å². The second-order valence-electron chi connectivity index (χ2n) is 15.4. The number of benzene rings is 2. The van der Waals surface area contributed by atoms with E-state index in [4.69, 9.17) is 23.7 Å². The molecule has 11 atom stereocenters. The van der Waals surface area contributed by atoms with Gasteiger partial charge in [-0.2, -0.15) is 0 Å². The Morgan fingerprint density at radius 2 is 1.33 bits per heavy atom. The van der Waals surface area contributed by atoms with Crippen molar-refractivity contribution in [3.8, 4) is 11.1 Å². The molecule has 1 aliphatic carbocycles. The van der Waals surface area contributed by atoms with Gasteiger partial charge in [0.15, 0.2) is 12.5 Å². The summed E-state index contributed by atoms with van der Waals surface area (Å²) in [5.74, 6) is -3.49. The van der Waals surface area contributed by atoms with Crippen molar-refractivity contribution in [2.45, 2.75) is 120 Å². The predicted molar refractivity (Wildman–Crippen MR) is 200 cm³/mol. The number of aliphatic hydroxyl groups is 5. The molecule has 19 nitrogen and oxygen atoms in total. The van der Waals surface area contributed by atoms with E-state index in [0.717, 1.165) is 36.1 Å². The summed E-state index contributed by atoms with van der Waals surface area (Å²) in [7, 11) is 0. The SMILES string of the molecule is CC(=O)N[C@@H]1[C@@H](O)[C@H](O[C@@H]2O[C@@H](CO)C(O)[C@@H](O)[C@@H]2NC(C)=O)[C@@H](CO)O[C@H]1NC(=O)C[C@H](NC(=O)OCC1c2ccccc2-c2ccccc21)C(=O)OC(C)(C)C. The van der Waals surface area contributed by atoms with Gasteiger partial charge in [-0.05, 0) is 43.0 Å². The Hall–Kier alpha value is -4.73. The number of hydrogen-bond acceptors (Lipinski definition) is 15. The van der Waals surface area contributed by atoms with Crippen LogP contribution in [-0.2, 0) is 42.9 Å². The molecule has 318 valence electrons. The standard InChI is InChI=1S/C39H52N4O15/c1-18(46)40-29-33(51)34(57-37-30(41-19(2)47)32(50)31(49)26(15-44)56-37)27(16-45)55-35(29)43-28(48)14-25(36(52)58-39(3,4)5)42-38(53)54-17-24-22-12-8-6-10-20(22)21-11-7-9-13-23(21)24/h6-13,24-27,29-35,37,44-45,49-51H,14-17H2,1-5H3,(H,40,46)(H,41,47)(H,42,53)(H,43,48)/t25-,26-,27+,29+,30-,31?,32-,33+,34+,35+,37-/m0/s1. The maximum absolute atomic E-state index is 13.6. The average Bonchev–Trinajstić information content (AvgIpc) is 3.48. The smallest absolute Gasteiger partial charge is 0.407 e. The largest absolute Gasteiger partial charge is 0.458 e. The van der Waals surface area contributed by atoms with E-state index < -0.39 is 122 Å². The van der Waals surface area contributed by atoms with Crippen molar-refractivity contribution in [1.29, 1.82) is 0 Å². The van der Waals surface area contributed by atoms with Crippen molar-refractivity contribution in [2.24, 2.45) is 0 Å². The fourth-order valence-electron chi connectivity index (χ4n) is 7.28. The molecule has 2 fully saturated rings. The summed E-state index contributed by atoms with van der Waals surface area (Å²) >= 11 is 0. The molecule has 3 aliphatic rings. The zero-order valence-corrected chi connectivity index (χ0v) is 32.7. The number of carbonyl (C=O) groups excluding carboxylic acids is 5. The van der Waals surface area contributed by atoms with E-state index in [9.17, 15) is 49.5 Å². The van der Waals surface area contributed by atoms with Crippen LogP contribution >= 0.6 is 0 Å². The number of aliphatic hydroxyl groups excluding tert-OH is 5. The lowest BCUT2D eigenvalue weighted by Crippen LogP contribution is -2.71. The van der Waals surface area contributed by atoms with Gasteiger partial charge in [-0.15, -0.1) is 0 Å². The highest BCUT2D eigenvalue weighted by Gasteiger charge is 2.52. The van der Waals surface area contributed by atoms with Crippen molar-refractivity contribution in [2.75, 3.05) is 19.8 Å². The van der Waals surface area contributed by atoms with Gasteiger partial charge in [0.1, 0.15) is 67.0 Å². The molecule has 19 heteroatoms. The second-order valence-corrected chi connectivity index (χ2v) is 15.4. The van der Waals surface area contributed by atoms with Gasteiger partial charge in [0, 0.05) is 19.8 Å². The predicted octanol–water partition coefficient (Wildman–Crippen LogP) is -1.35. The summed E-state index contributed by atoms with van der Waals surface area (Å²) in [5, 5.41) is 62.4. The molecule has 0 aromatic heterocycles. The molecule has 0 spiro atoms. The van der Waals surface area contributed by atoms with Crippen LogP contribution in [0, 0.1) is 0 Å². The minimum absolute atomic E-state index is 0.0806. The lowest BCUT2D eigenvalue weighted by Gasteiger charge is -2.48. The molecule has 58 heavy (non-hydrogen) atoms. The highest BCUT2D eigenvalue weighted by Crippen LogP contribution is 2.44. The van der Waals surface area contributed by atoms with E-state index >= 15 is 0 Å².